The van der Waals surface area contributed by atoms with E-state index in [1.165, 1.54) is 10.5 Å². The van der Waals surface area contributed by atoms with E-state index in [9.17, 15) is 14.7 Å². The minimum absolute atomic E-state index is 0.158. The van der Waals surface area contributed by atoms with Crippen LogP contribution in [-0.4, -0.2) is 34.7 Å². The molecule has 1 aliphatic heterocycles. The fraction of sp³-hybridized carbons (Fsp3) is 0.444. The molecule has 0 aromatic heterocycles. The van der Waals surface area contributed by atoms with Crippen LogP contribution in [0.2, 0.25) is 0 Å². The predicted molar refractivity (Wildman–Crippen MR) is 84.8 cm³/mol. The van der Waals surface area contributed by atoms with Crippen molar-refractivity contribution in [3.63, 3.8) is 0 Å². The number of carbonyl (C=O) groups is 2. The number of hydrogen-bond acceptors (Lipinski definition) is 3. The van der Waals surface area contributed by atoms with Crippen molar-refractivity contribution >= 4 is 12.1 Å². The number of fused-ring (bicyclic) bond motifs is 1. The quantitative estimate of drug-likeness (QED) is 0.870. The second-order valence-corrected chi connectivity index (χ2v) is 6.16. The van der Waals surface area contributed by atoms with Gasteiger partial charge in [0.05, 0.1) is 0 Å². The zero-order valence-electron chi connectivity index (χ0n) is 13.0. The van der Waals surface area contributed by atoms with Crippen LogP contribution >= 0.6 is 0 Å². The molecule has 1 amide bonds. The molecule has 1 aliphatic carbocycles. The summed E-state index contributed by atoms with van der Waals surface area (Å²) in [5.41, 5.74) is 2.07. The van der Waals surface area contributed by atoms with Crippen LogP contribution in [0, 0.1) is 5.92 Å². The van der Waals surface area contributed by atoms with Crippen molar-refractivity contribution in [2.24, 2.45) is 5.92 Å². The maximum absolute atomic E-state index is 12.4. The fourth-order valence-electron chi connectivity index (χ4n) is 3.40. The van der Waals surface area contributed by atoms with Gasteiger partial charge < -0.3 is 9.84 Å². The Morgan fingerprint density at radius 3 is 2.78 bits per heavy atom. The van der Waals surface area contributed by atoms with Crippen LogP contribution in [0.15, 0.2) is 42.0 Å². The largest absolute Gasteiger partial charge is 0.480 e. The third-order valence-electron chi connectivity index (χ3n) is 4.65. The summed E-state index contributed by atoms with van der Waals surface area (Å²) in [6, 6.07) is 8.60. The molecule has 122 valence electrons. The Morgan fingerprint density at radius 1 is 1.26 bits per heavy atom. The van der Waals surface area contributed by atoms with Gasteiger partial charge in [-0.3, -0.25) is 4.90 Å². The number of allylic oxidation sites excluding steroid dienone is 1. The fourth-order valence-corrected chi connectivity index (χ4v) is 3.40. The molecule has 2 aliphatic rings. The minimum atomic E-state index is -0.953. The van der Waals surface area contributed by atoms with E-state index in [1.807, 2.05) is 30.3 Å². The molecule has 3 rings (SSSR count). The number of ether oxygens (including phenoxy) is 1. The van der Waals surface area contributed by atoms with Crippen LogP contribution in [0.3, 0.4) is 0 Å². The minimum Gasteiger partial charge on any atom is -0.480 e. The summed E-state index contributed by atoms with van der Waals surface area (Å²) in [5, 5.41) is 9.46. The Balaban J connectivity index is 1.69. The molecule has 5 heteroatoms. The van der Waals surface area contributed by atoms with Crippen LogP contribution in [0.4, 0.5) is 4.79 Å². The molecule has 1 aromatic rings. The molecular formula is C18H21NO4. The molecule has 0 unspecified atom stereocenters. The maximum atomic E-state index is 12.4. The van der Waals surface area contributed by atoms with Gasteiger partial charge in [-0.25, -0.2) is 9.59 Å². The first-order valence-electron chi connectivity index (χ1n) is 8.04. The maximum Gasteiger partial charge on any atom is 0.411 e. The summed E-state index contributed by atoms with van der Waals surface area (Å²) in [5.74, 6) is -0.658. The number of likely N-dealkylation sites (tertiary alicyclic amines) is 1. The van der Waals surface area contributed by atoms with E-state index >= 15 is 0 Å². The average molecular weight is 315 g/mol. The topological polar surface area (TPSA) is 66.8 Å². The molecule has 1 N–H and O–H groups in total. The highest BCUT2D eigenvalue weighted by atomic mass is 16.6. The molecule has 0 spiro atoms. The van der Waals surface area contributed by atoms with E-state index in [2.05, 4.69) is 6.08 Å². The van der Waals surface area contributed by atoms with Crippen LogP contribution in [0.25, 0.3) is 0 Å². The van der Waals surface area contributed by atoms with Gasteiger partial charge in [0.1, 0.15) is 12.6 Å². The number of carboxylic acid groups (broad SMARTS) is 1. The standard InChI is InChI=1S/C18H21NO4/c20-17(21)16-10-14-8-4-5-9-15(14)11-19(16)18(22)23-12-13-6-2-1-3-7-13/h1-3,6-7,9,14,16H,4-5,8,10-12H2,(H,20,21)/t14-,16+/m0/s1. The Kier molecular flexibility index (Phi) is 4.65. The number of hydrogen-bond donors (Lipinski definition) is 1. The lowest BCUT2D eigenvalue weighted by atomic mass is 9.79. The lowest BCUT2D eigenvalue weighted by Crippen LogP contribution is -2.51. The van der Waals surface area contributed by atoms with Gasteiger partial charge >= 0.3 is 12.1 Å². The molecule has 2 atom stereocenters. The second-order valence-electron chi connectivity index (χ2n) is 6.16. The summed E-state index contributed by atoms with van der Waals surface area (Å²) in [6.07, 6.45) is 5.22. The van der Waals surface area contributed by atoms with Gasteiger partial charge in [-0.1, -0.05) is 42.0 Å². The Bertz CT molecular complexity index is 611. The molecule has 1 aromatic carbocycles. The molecule has 1 saturated heterocycles. The molecule has 0 radical (unpaired) electrons. The third kappa shape index (κ3) is 3.55. The van der Waals surface area contributed by atoms with Crippen molar-refractivity contribution in [2.75, 3.05) is 6.54 Å². The summed E-state index contributed by atoms with van der Waals surface area (Å²) in [4.78, 5) is 25.3. The zero-order valence-corrected chi connectivity index (χ0v) is 13.0. The number of rotatable bonds is 3. The summed E-state index contributed by atoms with van der Waals surface area (Å²) >= 11 is 0. The van der Waals surface area contributed by atoms with Crippen molar-refractivity contribution < 1.29 is 19.4 Å². The first kappa shape index (κ1) is 15.6. The molecule has 23 heavy (non-hydrogen) atoms. The van der Waals surface area contributed by atoms with E-state index in [0.29, 0.717) is 18.9 Å². The van der Waals surface area contributed by atoms with Crippen molar-refractivity contribution in [1.82, 2.24) is 4.90 Å². The number of amides is 1. The monoisotopic (exact) mass is 315 g/mol. The molecule has 1 fully saturated rings. The van der Waals surface area contributed by atoms with Gasteiger partial charge in [-0.15, -0.1) is 0 Å². The third-order valence-corrected chi connectivity index (χ3v) is 4.65. The van der Waals surface area contributed by atoms with E-state index in [0.717, 1.165) is 24.8 Å². The van der Waals surface area contributed by atoms with Gasteiger partial charge in [0.25, 0.3) is 0 Å². The number of aliphatic carboxylic acids is 1. The van der Waals surface area contributed by atoms with Crippen LogP contribution in [0.1, 0.15) is 31.2 Å². The smallest absolute Gasteiger partial charge is 0.411 e. The highest BCUT2D eigenvalue weighted by Crippen LogP contribution is 2.35. The van der Waals surface area contributed by atoms with Crippen molar-refractivity contribution in [2.45, 2.75) is 38.3 Å². The van der Waals surface area contributed by atoms with Crippen LogP contribution in [0.5, 0.6) is 0 Å². The van der Waals surface area contributed by atoms with E-state index in [4.69, 9.17) is 4.74 Å². The van der Waals surface area contributed by atoms with E-state index in [-0.39, 0.29) is 6.61 Å². The lowest BCUT2D eigenvalue weighted by Gasteiger charge is -2.39. The van der Waals surface area contributed by atoms with Crippen LogP contribution < -0.4 is 0 Å². The number of benzene rings is 1. The van der Waals surface area contributed by atoms with E-state index in [1.54, 1.807) is 0 Å². The van der Waals surface area contributed by atoms with Crippen LogP contribution in [-0.2, 0) is 16.1 Å². The molecule has 0 saturated carbocycles. The molecule has 5 nitrogen and oxygen atoms in total. The normalized spacial score (nSPS) is 23.7. The first-order valence-corrected chi connectivity index (χ1v) is 8.04. The summed E-state index contributed by atoms with van der Waals surface area (Å²) in [6.45, 7) is 0.528. The summed E-state index contributed by atoms with van der Waals surface area (Å²) in [7, 11) is 0. The molecular weight excluding hydrogens is 294 g/mol. The Hall–Kier alpha value is -2.30. The number of carbonyl (C=O) groups excluding carboxylic acids is 1. The zero-order chi connectivity index (χ0) is 16.2. The van der Waals surface area contributed by atoms with Gasteiger partial charge in [0.2, 0.25) is 0 Å². The van der Waals surface area contributed by atoms with Gasteiger partial charge in [0, 0.05) is 6.54 Å². The SMILES string of the molecule is O=C(O)[C@H]1C[C@@H]2CCCC=C2CN1C(=O)OCc1ccccc1. The van der Waals surface area contributed by atoms with Gasteiger partial charge in [0.15, 0.2) is 0 Å². The van der Waals surface area contributed by atoms with Crippen molar-refractivity contribution in [1.29, 1.82) is 0 Å². The van der Waals surface area contributed by atoms with Gasteiger partial charge in [-0.05, 0) is 37.2 Å². The van der Waals surface area contributed by atoms with E-state index < -0.39 is 18.1 Å². The number of nitrogens with zero attached hydrogens (tertiary/aromatic N) is 1. The highest BCUT2D eigenvalue weighted by molar-refractivity contribution is 5.80. The van der Waals surface area contributed by atoms with Crippen molar-refractivity contribution in [3.05, 3.63) is 47.5 Å². The van der Waals surface area contributed by atoms with Gasteiger partial charge in [-0.2, -0.15) is 0 Å². The number of piperidine rings is 1. The average Bonchev–Trinajstić information content (AvgIpc) is 2.59. The lowest BCUT2D eigenvalue weighted by molar-refractivity contribution is -0.144. The Morgan fingerprint density at radius 2 is 2.04 bits per heavy atom. The highest BCUT2D eigenvalue weighted by Gasteiger charge is 2.39. The number of carboxylic acids is 1. The first-order chi connectivity index (χ1) is 11.1. The summed E-state index contributed by atoms with van der Waals surface area (Å²) < 4.78 is 5.32. The predicted octanol–water partition coefficient (Wildman–Crippen LogP) is 3.21. The molecule has 1 heterocycles. The van der Waals surface area contributed by atoms with Crippen molar-refractivity contribution in [3.8, 4) is 0 Å². The molecule has 0 bridgehead atoms. The Labute approximate surface area is 135 Å². The second kappa shape index (κ2) is 6.86.